The van der Waals surface area contributed by atoms with Crippen LogP contribution >= 0.6 is 43.2 Å². The van der Waals surface area contributed by atoms with E-state index in [1.165, 1.54) is 16.7 Å². The predicted octanol–water partition coefficient (Wildman–Crippen LogP) is 5.75. The fraction of sp³-hybridized carbons (Fsp3) is 0.722. The van der Waals surface area contributed by atoms with Crippen molar-refractivity contribution in [3.05, 3.63) is 46.0 Å². The van der Waals surface area contributed by atoms with Crippen LogP contribution in [0.25, 0.3) is 0 Å². The first kappa shape index (κ1) is 34.6. The highest BCUT2D eigenvalue weighted by molar-refractivity contribution is 8.76. The number of fused-ring (bicyclic) bond motifs is 3. The smallest absolute Gasteiger partial charge is 0.189 e. The van der Waals surface area contributed by atoms with Crippen molar-refractivity contribution in [2.75, 3.05) is 37.0 Å². The predicted molar refractivity (Wildman–Crippen MR) is 198 cm³/mol. The number of nitrogens with two attached hydrogens (primary N) is 1. The molecule has 6 aliphatic rings. The van der Waals surface area contributed by atoms with Crippen molar-refractivity contribution >= 4 is 54.9 Å². The van der Waals surface area contributed by atoms with E-state index in [4.69, 9.17) is 10.7 Å². The monoisotopic (exact) mass is 717 g/mol. The summed E-state index contributed by atoms with van der Waals surface area (Å²) in [6.07, 6.45) is 7.77. The average molecular weight is 718 g/mol. The van der Waals surface area contributed by atoms with Gasteiger partial charge in [-0.3, -0.25) is 9.79 Å². The van der Waals surface area contributed by atoms with Crippen LogP contribution in [0.2, 0.25) is 0 Å². The number of aliphatic hydroxyl groups is 3. The minimum absolute atomic E-state index is 0.0110. The molecule has 3 heterocycles. The Bertz CT molecular complexity index is 1420. The summed E-state index contributed by atoms with van der Waals surface area (Å²) in [4.78, 5) is 19.2. The van der Waals surface area contributed by atoms with Gasteiger partial charge in [0.2, 0.25) is 0 Å². The number of carbonyl (C=O) groups excluding carboxylic acids is 1. The van der Waals surface area contributed by atoms with E-state index in [2.05, 4.69) is 30.4 Å². The van der Waals surface area contributed by atoms with E-state index >= 15 is 0 Å². The number of allylic oxidation sites excluding steroid dienone is 2. The third-order valence-corrected chi connectivity index (χ3v) is 18.2. The molecule has 0 saturated heterocycles. The number of guanidine groups is 1. The van der Waals surface area contributed by atoms with Gasteiger partial charge in [-0.05, 0) is 103 Å². The van der Waals surface area contributed by atoms with Crippen LogP contribution in [0.3, 0.4) is 0 Å². The highest BCUT2D eigenvalue weighted by atomic mass is 33.1. The van der Waals surface area contributed by atoms with Crippen molar-refractivity contribution in [2.24, 2.45) is 51.1 Å². The summed E-state index contributed by atoms with van der Waals surface area (Å²) in [5.41, 5.74) is 12.0. The third kappa shape index (κ3) is 6.03. The van der Waals surface area contributed by atoms with E-state index in [9.17, 15) is 20.1 Å². The number of rotatable bonds is 5. The first-order chi connectivity index (χ1) is 22.8. The molecule has 9 bridgehead atoms. The Labute approximate surface area is 295 Å². The van der Waals surface area contributed by atoms with E-state index in [1.807, 2.05) is 43.2 Å². The van der Waals surface area contributed by atoms with Crippen LogP contribution in [-0.4, -0.2) is 69.6 Å². The molecule has 6 N–H and O–H groups in total. The average Bonchev–Trinajstić information content (AvgIpc) is 3.38. The number of aliphatic hydroxyl groups excluding tert-OH is 3. The molecule has 11 heteroatoms. The van der Waals surface area contributed by atoms with Crippen molar-refractivity contribution in [1.29, 1.82) is 0 Å². The van der Waals surface area contributed by atoms with E-state index < -0.39 is 0 Å². The van der Waals surface area contributed by atoms with E-state index in [1.54, 1.807) is 0 Å². The molecule has 1 aromatic carbocycles. The zero-order valence-electron chi connectivity index (χ0n) is 27.5. The summed E-state index contributed by atoms with van der Waals surface area (Å²) in [6, 6.07) is 6.54. The zero-order chi connectivity index (χ0) is 32.8. The Kier molecular flexibility index (Phi) is 10.4. The first-order valence-electron chi connectivity index (χ1n) is 17.5. The van der Waals surface area contributed by atoms with E-state index in [-0.39, 0.29) is 59.9 Å². The lowest BCUT2D eigenvalue weighted by atomic mass is 9.47. The number of nitrogens with one attached hydrogen (secondary N) is 1. The Morgan fingerprint density at radius 2 is 1.96 bits per heavy atom. The van der Waals surface area contributed by atoms with Crippen molar-refractivity contribution in [2.45, 2.75) is 82.6 Å². The number of Topliss-reactive ketones (excluding diaryl/α,β-unsaturated/α-hetero) is 1. The lowest BCUT2D eigenvalue weighted by molar-refractivity contribution is -0.125. The molecule has 47 heavy (non-hydrogen) atoms. The normalized spacial score (nSPS) is 38.9. The highest BCUT2D eigenvalue weighted by Gasteiger charge is 2.69. The molecule has 2 spiro atoms. The third-order valence-electron chi connectivity index (χ3n) is 13.2. The highest BCUT2D eigenvalue weighted by Crippen LogP contribution is 2.75. The van der Waals surface area contributed by atoms with Crippen LogP contribution in [0.4, 0.5) is 0 Å². The number of carbonyl (C=O) groups is 1. The second-order valence-electron chi connectivity index (χ2n) is 15.3. The summed E-state index contributed by atoms with van der Waals surface area (Å²) >= 11 is 0. The van der Waals surface area contributed by atoms with Gasteiger partial charge >= 0.3 is 0 Å². The number of hydrogen-bond acceptors (Lipinski definition) is 11. The van der Waals surface area contributed by atoms with Crippen molar-refractivity contribution in [3.8, 4) is 0 Å². The summed E-state index contributed by atoms with van der Waals surface area (Å²) in [6.45, 7) is 3.48. The van der Waals surface area contributed by atoms with Gasteiger partial charge in [0, 0.05) is 60.5 Å². The minimum Gasteiger partial charge on any atom is -0.396 e. The molecular weight excluding hydrogens is 667 g/mol. The largest absolute Gasteiger partial charge is 0.396 e. The molecule has 0 aromatic heterocycles. The maximum atomic E-state index is 14.4. The molecule has 3 aliphatic heterocycles. The first-order valence-corrected chi connectivity index (χ1v) is 22.5. The number of ketones is 1. The molecule has 258 valence electrons. The summed E-state index contributed by atoms with van der Waals surface area (Å²) < 4.78 is 0. The summed E-state index contributed by atoms with van der Waals surface area (Å²) in [5, 5.41) is 34.6. The Morgan fingerprint density at radius 1 is 1.09 bits per heavy atom. The molecule has 7 nitrogen and oxygen atoms in total. The molecule has 3 aliphatic carbocycles. The molecule has 7 rings (SSSR count). The molecule has 1 aromatic rings. The van der Waals surface area contributed by atoms with Crippen LogP contribution in [0, 0.1) is 40.4 Å². The number of aliphatic imine (C=N–C) groups is 1. The lowest BCUT2D eigenvalue weighted by Gasteiger charge is -2.57. The molecule has 0 unspecified atom stereocenters. The van der Waals surface area contributed by atoms with E-state index in [0.717, 1.165) is 85.5 Å². The van der Waals surface area contributed by atoms with Gasteiger partial charge in [0.1, 0.15) is 0 Å². The topological polar surface area (TPSA) is 128 Å². The second kappa shape index (κ2) is 14.1. The van der Waals surface area contributed by atoms with Crippen LogP contribution in [0.15, 0.2) is 34.3 Å². The molecule has 8 atom stereocenters. The van der Waals surface area contributed by atoms with Crippen LogP contribution in [0.5, 0.6) is 0 Å². The van der Waals surface area contributed by atoms with Crippen molar-refractivity contribution in [1.82, 2.24) is 5.32 Å². The fourth-order valence-corrected chi connectivity index (χ4v) is 16.1. The van der Waals surface area contributed by atoms with Gasteiger partial charge in [-0.15, -0.1) is 0 Å². The van der Waals surface area contributed by atoms with Gasteiger partial charge in [-0.25, -0.2) is 0 Å². The van der Waals surface area contributed by atoms with Gasteiger partial charge in [0.25, 0.3) is 0 Å². The van der Waals surface area contributed by atoms with Crippen LogP contribution < -0.4 is 11.1 Å². The molecule has 0 amide bonds. The number of nitrogens with zero attached hydrogens (tertiary/aromatic N) is 1. The maximum Gasteiger partial charge on any atom is 0.189 e. The van der Waals surface area contributed by atoms with E-state index in [0.29, 0.717) is 30.6 Å². The van der Waals surface area contributed by atoms with Crippen LogP contribution in [-0.2, 0) is 23.6 Å². The minimum atomic E-state index is -0.287. The lowest BCUT2D eigenvalue weighted by Crippen LogP contribution is -2.62. The molecule has 0 radical (unpaired) electrons. The number of hydrogen-bond donors (Lipinski definition) is 5. The Balaban J connectivity index is 1.32. The second-order valence-corrected chi connectivity index (χ2v) is 20.4. The van der Waals surface area contributed by atoms with Gasteiger partial charge < -0.3 is 26.4 Å². The van der Waals surface area contributed by atoms with Crippen LogP contribution in [0.1, 0.15) is 75.0 Å². The quantitative estimate of drug-likeness (QED) is 0.240. The van der Waals surface area contributed by atoms with Gasteiger partial charge in [0.05, 0.1) is 12.1 Å². The van der Waals surface area contributed by atoms with Gasteiger partial charge in [0.15, 0.2) is 11.7 Å². The Morgan fingerprint density at radius 3 is 2.77 bits per heavy atom. The summed E-state index contributed by atoms with van der Waals surface area (Å²) in [5.74, 6) is 6.03. The summed E-state index contributed by atoms with van der Waals surface area (Å²) in [7, 11) is 7.75. The van der Waals surface area contributed by atoms with Crippen molar-refractivity contribution < 1.29 is 20.1 Å². The zero-order valence-corrected chi connectivity index (χ0v) is 30.8. The molecule has 2 fully saturated rings. The number of benzene rings is 1. The SMILES string of the molecule is C[C@]12CCSSC[C@]34C[C@H](CSSCc5ccc(CO)c(c5)C[C@@H]3CN=C(N)N4)CC3=C4C[C@H]1C[C@H](CO)[C@@H](CCCO)[C@@]42CC3=O. The molecule has 2 saturated carbocycles. The molecular formula is C36H51N3O4S4. The standard InChI is InChI=1S/C36H51N3O4S4/c1-34-6-8-44-47-21-35-14-23(10-29-31-13-27(34)12-26(18-42)30(3-2-7-40)36(31,34)15-32(29)43)20-46-45-19-22-4-5-24(17-41)25(9-22)11-28(35)16-38-33(37)39-35/h4-5,9,23,26-28,30,40-42H,2-3,6-8,10-21H2,1H3,(H3,37,38,39)/t23-,26-,27-,28-,30-,34+,35-,36+/m1/s1. The maximum absolute atomic E-state index is 14.4. The van der Waals surface area contributed by atoms with Gasteiger partial charge in [-0.2, -0.15) is 0 Å². The fourth-order valence-electron chi connectivity index (χ4n) is 10.9. The van der Waals surface area contributed by atoms with Gasteiger partial charge in [-0.1, -0.05) is 73.9 Å². The van der Waals surface area contributed by atoms with Crippen molar-refractivity contribution in [3.63, 3.8) is 0 Å². The Hall–Kier alpha value is -0.820.